The van der Waals surface area contributed by atoms with Crippen LogP contribution in [0.3, 0.4) is 0 Å². The van der Waals surface area contributed by atoms with Crippen LogP contribution in [0.15, 0.2) is 276 Å². The van der Waals surface area contributed by atoms with E-state index in [4.69, 9.17) is 8.83 Å². The number of fused-ring (bicyclic) bond motifs is 8. The van der Waals surface area contributed by atoms with Crippen molar-refractivity contribution < 1.29 is 8.83 Å². The first-order chi connectivity index (χ1) is 40.3. The van der Waals surface area contributed by atoms with Crippen molar-refractivity contribution in [1.82, 2.24) is 0 Å². The molecule has 390 valence electrons. The minimum absolute atomic E-state index is 0.830. The van der Waals surface area contributed by atoms with Gasteiger partial charge in [-0.3, -0.25) is 0 Å². The summed E-state index contributed by atoms with van der Waals surface area (Å²) in [5.41, 5.74) is 24.2. The summed E-state index contributed by atoms with van der Waals surface area (Å²) in [4.78, 5) is 4.89. The first kappa shape index (κ1) is 48.7. The SMILES string of the molecule is Cc1cccc(C)c1N(c1ccc2cc3c(cc2c1)oc1cc2c(cc13)oc1cc3cc(N(c4ccc(-c5ccccc5)cc4-c4ccccc4)c4c(C)cccc4C)ccc3cc12)c1ccc(-c2ccccc2)cc1-c1ccccc1. The first-order valence-electron chi connectivity index (χ1n) is 28.2. The van der Waals surface area contributed by atoms with E-state index in [-0.39, 0.29) is 0 Å². The molecule has 15 rings (SSSR count). The van der Waals surface area contributed by atoms with Gasteiger partial charge in [-0.25, -0.2) is 0 Å². The Morgan fingerprint density at radius 3 is 0.963 bits per heavy atom. The van der Waals surface area contributed by atoms with Gasteiger partial charge in [-0.2, -0.15) is 0 Å². The maximum atomic E-state index is 6.87. The molecular weight excluding hydrogens is 997 g/mol. The Labute approximate surface area is 477 Å². The average Bonchev–Trinajstić information content (AvgIpc) is 4.25. The second-order valence-corrected chi connectivity index (χ2v) is 21.9. The standard InChI is InChI=1S/C78H56N2O2/c1-49-19-17-20-50(2)77(49)79(71-37-33-57(53-23-9-5-10-24-53)41-65(71)55-27-13-7-14-28-55)63-35-31-59-43-67-69-47-76-70(48-75(69)81-73(67)45-61(59)39-63)68-44-60-32-36-64(40-62(60)46-74(68)82-76)80(78-51(3)21-18-22-52(78)4)72-38-34-58(54-25-11-6-12-26-54)42-66(72)56-29-15-8-16-30-56/h5-48H,1-4H3. The molecule has 0 unspecified atom stereocenters. The molecule has 0 saturated heterocycles. The highest BCUT2D eigenvalue weighted by Gasteiger charge is 2.25. The molecule has 0 fully saturated rings. The lowest BCUT2D eigenvalue weighted by molar-refractivity contribution is 0.664. The van der Waals surface area contributed by atoms with Crippen LogP contribution in [0.25, 0.3) is 110 Å². The number of hydrogen-bond donors (Lipinski definition) is 0. The lowest BCUT2D eigenvalue weighted by atomic mass is 9.95. The molecule has 2 heterocycles. The van der Waals surface area contributed by atoms with Gasteiger partial charge in [0.15, 0.2) is 0 Å². The Bertz CT molecular complexity index is 4610. The number of nitrogens with zero attached hydrogens (tertiary/aromatic N) is 2. The van der Waals surface area contributed by atoms with E-state index >= 15 is 0 Å². The molecule has 13 aromatic carbocycles. The molecule has 0 aliphatic heterocycles. The van der Waals surface area contributed by atoms with E-state index < -0.39 is 0 Å². The van der Waals surface area contributed by atoms with Crippen LogP contribution in [-0.2, 0) is 0 Å². The Hall–Kier alpha value is -10.4. The minimum atomic E-state index is 0.830. The molecule has 0 radical (unpaired) electrons. The van der Waals surface area contributed by atoms with Gasteiger partial charge in [0.05, 0.1) is 22.7 Å². The summed E-state index contributed by atoms with van der Waals surface area (Å²) < 4.78 is 13.7. The quantitative estimate of drug-likeness (QED) is 0.137. The van der Waals surface area contributed by atoms with Crippen LogP contribution in [0, 0.1) is 27.7 Å². The zero-order chi connectivity index (χ0) is 55.0. The smallest absolute Gasteiger partial charge is 0.136 e. The Balaban J connectivity index is 0.836. The van der Waals surface area contributed by atoms with Gasteiger partial charge in [-0.15, -0.1) is 0 Å². The molecule has 0 spiro atoms. The lowest BCUT2D eigenvalue weighted by Crippen LogP contribution is -2.14. The maximum absolute atomic E-state index is 6.87. The van der Waals surface area contributed by atoms with Crippen molar-refractivity contribution in [2.75, 3.05) is 9.80 Å². The van der Waals surface area contributed by atoms with Crippen molar-refractivity contribution in [2.24, 2.45) is 0 Å². The van der Waals surface area contributed by atoms with Crippen molar-refractivity contribution in [2.45, 2.75) is 27.7 Å². The van der Waals surface area contributed by atoms with Crippen LogP contribution in [0.2, 0.25) is 0 Å². The van der Waals surface area contributed by atoms with E-state index in [0.29, 0.717) is 0 Å². The predicted molar refractivity (Wildman–Crippen MR) is 346 cm³/mol. The number of para-hydroxylation sites is 2. The monoisotopic (exact) mass is 1050 g/mol. The highest BCUT2D eigenvalue weighted by atomic mass is 16.3. The van der Waals surface area contributed by atoms with E-state index in [2.05, 4.69) is 304 Å². The summed E-state index contributed by atoms with van der Waals surface area (Å²) in [6.45, 7) is 8.85. The third kappa shape index (κ3) is 8.38. The fraction of sp³-hybridized carbons (Fsp3) is 0.0513. The summed E-state index contributed by atoms with van der Waals surface area (Å²) in [6, 6.07) is 96.7. The number of aryl methyl sites for hydroxylation is 4. The third-order valence-corrected chi connectivity index (χ3v) is 16.6. The van der Waals surface area contributed by atoms with E-state index in [1.54, 1.807) is 0 Å². The summed E-state index contributed by atoms with van der Waals surface area (Å²) in [5.74, 6) is 0. The summed E-state index contributed by atoms with van der Waals surface area (Å²) in [7, 11) is 0. The number of furan rings is 2. The van der Waals surface area contributed by atoms with Crippen LogP contribution in [0.4, 0.5) is 34.1 Å². The third-order valence-electron chi connectivity index (χ3n) is 16.6. The molecule has 4 heteroatoms. The normalized spacial score (nSPS) is 11.7. The lowest BCUT2D eigenvalue weighted by Gasteiger charge is -2.31. The highest BCUT2D eigenvalue weighted by molar-refractivity contribution is 6.18. The van der Waals surface area contributed by atoms with Gasteiger partial charge in [-0.1, -0.05) is 182 Å². The van der Waals surface area contributed by atoms with Crippen LogP contribution in [0.1, 0.15) is 22.3 Å². The molecule has 82 heavy (non-hydrogen) atoms. The molecule has 0 N–H and O–H groups in total. The van der Waals surface area contributed by atoms with Crippen molar-refractivity contribution in [3.63, 3.8) is 0 Å². The molecular formula is C78H56N2O2. The molecule has 15 aromatic rings. The van der Waals surface area contributed by atoms with Gasteiger partial charge in [-0.05, 0) is 190 Å². The number of hydrogen-bond acceptors (Lipinski definition) is 4. The summed E-state index contributed by atoms with van der Waals surface area (Å²) >= 11 is 0. The molecule has 0 saturated carbocycles. The highest BCUT2D eigenvalue weighted by Crippen LogP contribution is 2.49. The van der Waals surface area contributed by atoms with Crippen molar-refractivity contribution in [1.29, 1.82) is 0 Å². The minimum Gasteiger partial charge on any atom is -0.456 e. The fourth-order valence-electron chi connectivity index (χ4n) is 12.7. The van der Waals surface area contributed by atoms with Crippen molar-refractivity contribution in [3.8, 4) is 44.5 Å². The molecule has 0 atom stereocenters. The molecule has 0 bridgehead atoms. The van der Waals surface area contributed by atoms with Crippen molar-refractivity contribution in [3.05, 3.63) is 289 Å². The second-order valence-electron chi connectivity index (χ2n) is 21.9. The summed E-state index contributed by atoms with van der Waals surface area (Å²) in [6.07, 6.45) is 0. The van der Waals surface area contributed by atoms with Crippen LogP contribution in [0.5, 0.6) is 0 Å². The number of anilines is 6. The van der Waals surface area contributed by atoms with Gasteiger partial charge in [0.2, 0.25) is 0 Å². The number of benzene rings is 13. The molecule has 0 aliphatic rings. The molecule has 2 aromatic heterocycles. The van der Waals surface area contributed by atoms with Gasteiger partial charge in [0, 0.05) is 44.0 Å². The van der Waals surface area contributed by atoms with E-state index in [1.165, 1.54) is 55.9 Å². The zero-order valence-electron chi connectivity index (χ0n) is 46.1. The molecule has 0 amide bonds. The maximum Gasteiger partial charge on any atom is 0.136 e. The van der Waals surface area contributed by atoms with Crippen molar-refractivity contribution >= 4 is 99.5 Å². The van der Waals surface area contributed by atoms with E-state index in [0.717, 1.165) is 110 Å². The largest absolute Gasteiger partial charge is 0.456 e. The molecule has 4 nitrogen and oxygen atoms in total. The van der Waals surface area contributed by atoms with Crippen LogP contribution < -0.4 is 9.80 Å². The second kappa shape index (κ2) is 19.7. The van der Waals surface area contributed by atoms with E-state index in [1.807, 2.05) is 0 Å². The van der Waals surface area contributed by atoms with Gasteiger partial charge in [0.1, 0.15) is 22.3 Å². The number of rotatable bonds is 10. The van der Waals surface area contributed by atoms with E-state index in [9.17, 15) is 0 Å². The fourth-order valence-corrected chi connectivity index (χ4v) is 12.7. The van der Waals surface area contributed by atoms with Crippen LogP contribution >= 0.6 is 0 Å². The topological polar surface area (TPSA) is 32.8 Å². The average molecular weight is 1050 g/mol. The zero-order valence-corrected chi connectivity index (χ0v) is 46.1. The Kier molecular flexibility index (Phi) is 11.7. The van der Waals surface area contributed by atoms with Gasteiger partial charge >= 0.3 is 0 Å². The Morgan fingerprint density at radius 2 is 0.585 bits per heavy atom. The first-order valence-corrected chi connectivity index (χ1v) is 28.2. The molecule has 0 aliphatic carbocycles. The van der Waals surface area contributed by atoms with Gasteiger partial charge in [0.25, 0.3) is 0 Å². The Morgan fingerprint density at radius 1 is 0.244 bits per heavy atom. The predicted octanol–water partition coefficient (Wildman–Crippen LogP) is 22.6. The summed E-state index contributed by atoms with van der Waals surface area (Å²) in [5, 5.41) is 8.62. The van der Waals surface area contributed by atoms with Crippen LogP contribution in [-0.4, -0.2) is 0 Å². The van der Waals surface area contributed by atoms with Gasteiger partial charge < -0.3 is 18.6 Å².